The van der Waals surface area contributed by atoms with E-state index < -0.39 is 0 Å². The Balaban J connectivity index is 2.03. The summed E-state index contributed by atoms with van der Waals surface area (Å²) >= 11 is 0. The SMILES string of the molecule is CCCCCOc1ccc(C(=O)Oc2cc(C)ccc2C(C)C)cc1. The Hall–Kier alpha value is -2.29. The average Bonchev–Trinajstić information content (AvgIpc) is 2.59. The summed E-state index contributed by atoms with van der Waals surface area (Å²) in [4.78, 5) is 12.4. The maximum atomic E-state index is 12.4. The molecule has 3 heteroatoms. The van der Waals surface area contributed by atoms with E-state index in [4.69, 9.17) is 9.47 Å². The van der Waals surface area contributed by atoms with Crippen molar-refractivity contribution in [2.75, 3.05) is 6.61 Å². The number of unbranched alkanes of at least 4 members (excludes halogenated alkanes) is 2. The van der Waals surface area contributed by atoms with E-state index in [0.717, 1.165) is 23.3 Å². The van der Waals surface area contributed by atoms with Gasteiger partial charge in [-0.3, -0.25) is 0 Å². The molecule has 0 spiro atoms. The number of aryl methyl sites for hydroxylation is 1. The molecule has 0 unspecified atom stereocenters. The summed E-state index contributed by atoms with van der Waals surface area (Å²) in [5.74, 6) is 1.37. The van der Waals surface area contributed by atoms with Crippen LogP contribution >= 0.6 is 0 Å². The van der Waals surface area contributed by atoms with Crippen LogP contribution in [0.2, 0.25) is 0 Å². The van der Waals surface area contributed by atoms with Gasteiger partial charge >= 0.3 is 5.97 Å². The van der Waals surface area contributed by atoms with Crippen LogP contribution in [-0.2, 0) is 0 Å². The molecule has 134 valence electrons. The molecule has 0 aliphatic rings. The molecule has 0 saturated heterocycles. The highest BCUT2D eigenvalue weighted by atomic mass is 16.5. The Morgan fingerprint density at radius 2 is 1.76 bits per heavy atom. The van der Waals surface area contributed by atoms with Crippen LogP contribution in [0.5, 0.6) is 11.5 Å². The molecule has 0 radical (unpaired) electrons. The third-order valence-electron chi connectivity index (χ3n) is 4.10. The molecule has 2 rings (SSSR count). The van der Waals surface area contributed by atoms with Crippen molar-refractivity contribution in [3.63, 3.8) is 0 Å². The van der Waals surface area contributed by atoms with Crippen LogP contribution in [0.1, 0.15) is 67.4 Å². The average molecular weight is 340 g/mol. The van der Waals surface area contributed by atoms with Gasteiger partial charge in [-0.15, -0.1) is 0 Å². The van der Waals surface area contributed by atoms with Crippen LogP contribution < -0.4 is 9.47 Å². The van der Waals surface area contributed by atoms with Gasteiger partial charge in [0.1, 0.15) is 11.5 Å². The lowest BCUT2D eigenvalue weighted by Crippen LogP contribution is -2.10. The lowest BCUT2D eigenvalue weighted by Gasteiger charge is -2.14. The quantitative estimate of drug-likeness (QED) is 0.340. The maximum absolute atomic E-state index is 12.4. The molecular formula is C22H28O3. The van der Waals surface area contributed by atoms with Crippen LogP contribution in [0, 0.1) is 6.92 Å². The second-order valence-corrected chi connectivity index (χ2v) is 6.67. The molecule has 2 aromatic carbocycles. The summed E-state index contributed by atoms with van der Waals surface area (Å²) in [5, 5.41) is 0. The van der Waals surface area contributed by atoms with Crippen LogP contribution in [0.3, 0.4) is 0 Å². The van der Waals surface area contributed by atoms with Gasteiger partial charge in [-0.05, 0) is 60.7 Å². The third-order valence-corrected chi connectivity index (χ3v) is 4.10. The molecule has 0 heterocycles. The van der Waals surface area contributed by atoms with E-state index in [1.165, 1.54) is 12.8 Å². The summed E-state index contributed by atoms with van der Waals surface area (Å²) in [6.07, 6.45) is 3.39. The molecular weight excluding hydrogens is 312 g/mol. The summed E-state index contributed by atoms with van der Waals surface area (Å²) in [6.45, 7) is 9.05. The van der Waals surface area contributed by atoms with E-state index in [9.17, 15) is 4.79 Å². The Morgan fingerprint density at radius 1 is 1.04 bits per heavy atom. The molecule has 3 nitrogen and oxygen atoms in total. The van der Waals surface area contributed by atoms with Gasteiger partial charge in [0.05, 0.1) is 12.2 Å². The Bertz CT molecular complexity index is 687. The molecule has 0 aromatic heterocycles. The van der Waals surface area contributed by atoms with Gasteiger partial charge < -0.3 is 9.47 Å². The maximum Gasteiger partial charge on any atom is 0.343 e. The number of ether oxygens (including phenoxy) is 2. The topological polar surface area (TPSA) is 35.5 Å². The molecule has 25 heavy (non-hydrogen) atoms. The van der Waals surface area contributed by atoms with Crippen LogP contribution in [0.25, 0.3) is 0 Å². The lowest BCUT2D eigenvalue weighted by molar-refractivity contribution is 0.0732. The zero-order valence-corrected chi connectivity index (χ0v) is 15.7. The molecule has 0 aliphatic carbocycles. The van der Waals surface area contributed by atoms with Gasteiger partial charge in [0.2, 0.25) is 0 Å². The van der Waals surface area contributed by atoms with E-state index in [1.54, 1.807) is 12.1 Å². The smallest absolute Gasteiger partial charge is 0.343 e. The fraction of sp³-hybridized carbons (Fsp3) is 0.409. The van der Waals surface area contributed by atoms with Crippen molar-refractivity contribution < 1.29 is 14.3 Å². The van der Waals surface area contributed by atoms with Gasteiger partial charge in [-0.2, -0.15) is 0 Å². The minimum absolute atomic E-state index is 0.294. The molecule has 0 bridgehead atoms. The van der Waals surface area contributed by atoms with E-state index in [2.05, 4.69) is 20.8 Å². The lowest BCUT2D eigenvalue weighted by atomic mass is 10.0. The van der Waals surface area contributed by atoms with Crippen molar-refractivity contribution in [2.24, 2.45) is 0 Å². The highest BCUT2D eigenvalue weighted by Gasteiger charge is 2.14. The van der Waals surface area contributed by atoms with E-state index >= 15 is 0 Å². The number of hydrogen-bond acceptors (Lipinski definition) is 3. The number of carbonyl (C=O) groups excluding carboxylic acids is 1. The summed E-state index contributed by atoms with van der Waals surface area (Å²) in [6, 6.07) is 13.1. The van der Waals surface area contributed by atoms with Gasteiger partial charge in [0.15, 0.2) is 0 Å². The fourth-order valence-electron chi connectivity index (χ4n) is 2.60. The van der Waals surface area contributed by atoms with Crippen LogP contribution in [0.15, 0.2) is 42.5 Å². The molecule has 0 saturated carbocycles. The monoisotopic (exact) mass is 340 g/mol. The Kier molecular flexibility index (Phi) is 7.05. The van der Waals surface area contributed by atoms with Crippen molar-refractivity contribution >= 4 is 5.97 Å². The van der Waals surface area contributed by atoms with Crippen molar-refractivity contribution in [1.82, 2.24) is 0 Å². The highest BCUT2D eigenvalue weighted by Crippen LogP contribution is 2.28. The normalized spacial score (nSPS) is 10.8. The Morgan fingerprint density at radius 3 is 2.40 bits per heavy atom. The Labute approximate surface area is 151 Å². The zero-order valence-electron chi connectivity index (χ0n) is 15.7. The standard InChI is InChI=1S/C22H28O3/c1-5-6-7-14-24-19-11-9-18(10-12-19)22(23)25-21-15-17(4)8-13-20(21)16(2)3/h8-13,15-16H,5-7,14H2,1-4H3. The van der Waals surface area contributed by atoms with Crippen LogP contribution in [-0.4, -0.2) is 12.6 Å². The number of hydrogen-bond donors (Lipinski definition) is 0. The van der Waals surface area contributed by atoms with Gasteiger partial charge in [0, 0.05) is 0 Å². The molecule has 0 N–H and O–H groups in total. The van der Waals surface area contributed by atoms with E-state index in [1.807, 2.05) is 37.3 Å². The van der Waals surface area contributed by atoms with Crippen molar-refractivity contribution in [2.45, 2.75) is 52.9 Å². The number of esters is 1. The van der Waals surface area contributed by atoms with Gasteiger partial charge in [-0.1, -0.05) is 45.7 Å². The third kappa shape index (κ3) is 5.63. The summed E-state index contributed by atoms with van der Waals surface area (Å²) in [5.41, 5.74) is 2.63. The summed E-state index contributed by atoms with van der Waals surface area (Å²) < 4.78 is 11.3. The first-order chi connectivity index (χ1) is 12.0. The molecule has 0 aliphatic heterocycles. The van der Waals surface area contributed by atoms with Crippen molar-refractivity contribution in [3.05, 3.63) is 59.2 Å². The number of carbonyl (C=O) groups is 1. The molecule has 0 atom stereocenters. The van der Waals surface area contributed by atoms with E-state index in [0.29, 0.717) is 23.8 Å². The molecule has 0 amide bonds. The summed E-state index contributed by atoms with van der Waals surface area (Å²) in [7, 11) is 0. The molecule has 2 aromatic rings. The minimum atomic E-state index is -0.343. The second-order valence-electron chi connectivity index (χ2n) is 6.67. The zero-order chi connectivity index (χ0) is 18.2. The minimum Gasteiger partial charge on any atom is -0.494 e. The fourth-order valence-corrected chi connectivity index (χ4v) is 2.60. The van der Waals surface area contributed by atoms with Crippen LogP contribution in [0.4, 0.5) is 0 Å². The van der Waals surface area contributed by atoms with Gasteiger partial charge in [0.25, 0.3) is 0 Å². The largest absolute Gasteiger partial charge is 0.494 e. The number of rotatable bonds is 8. The highest BCUT2D eigenvalue weighted by molar-refractivity contribution is 5.91. The van der Waals surface area contributed by atoms with Crippen molar-refractivity contribution in [1.29, 1.82) is 0 Å². The first-order valence-corrected chi connectivity index (χ1v) is 9.07. The van der Waals surface area contributed by atoms with E-state index in [-0.39, 0.29) is 5.97 Å². The van der Waals surface area contributed by atoms with Crippen molar-refractivity contribution in [3.8, 4) is 11.5 Å². The second kappa shape index (κ2) is 9.26. The number of benzene rings is 2. The first kappa shape index (κ1) is 19.0. The predicted octanol–water partition coefficient (Wildman–Crippen LogP) is 5.91. The van der Waals surface area contributed by atoms with Gasteiger partial charge in [-0.25, -0.2) is 4.79 Å². The first-order valence-electron chi connectivity index (χ1n) is 9.07. The molecule has 0 fully saturated rings. The predicted molar refractivity (Wildman–Crippen MR) is 102 cm³/mol.